The summed E-state index contributed by atoms with van der Waals surface area (Å²) in [4.78, 5) is 5.63. The SMILES string of the molecule is [CH]1CCCCN1Oc1ccccc1. The number of hydrogen-bond donors (Lipinski definition) is 0. The third-order valence-corrected chi connectivity index (χ3v) is 2.13. The molecule has 0 atom stereocenters. The molecule has 69 valence electrons. The second kappa shape index (κ2) is 4.28. The van der Waals surface area contributed by atoms with E-state index < -0.39 is 0 Å². The lowest BCUT2D eigenvalue weighted by atomic mass is 10.2. The molecule has 1 aromatic carbocycles. The topological polar surface area (TPSA) is 12.5 Å². The second-order valence-electron chi connectivity index (χ2n) is 3.22. The average molecular weight is 176 g/mol. The van der Waals surface area contributed by atoms with Crippen molar-refractivity contribution in [1.29, 1.82) is 0 Å². The Bertz CT molecular complexity index is 242. The van der Waals surface area contributed by atoms with Crippen LogP contribution in [0.25, 0.3) is 0 Å². The van der Waals surface area contributed by atoms with E-state index in [0.29, 0.717) is 0 Å². The summed E-state index contributed by atoms with van der Waals surface area (Å²) in [7, 11) is 0. The lowest BCUT2D eigenvalue weighted by Gasteiger charge is -2.25. The molecule has 0 amide bonds. The minimum atomic E-state index is 0.917. The van der Waals surface area contributed by atoms with Crippen molar-refractivity contribution in [1.82, 2.24) is 5.06 Å². The van der Waals surface area contributed by atoms with E-state index in [-0.39, 0.29) is 0 Å². The van der Waals surface area contributed by atoms with Crippen molar-refractivity contribution in [2.75, 3.05) is 6.54 Å². The van der Waals surface area contributed by atoms with E-state index >= 15 is 0 Å². The van der Waals surface area contributed by atoms with Gasteiger partial charge in [-0.1, -0.05) is 24.6 Å². The van der Waals surface area contributed by atoms with Crippen molar-refractivity contribution in [3.05, 3.63) is 36.9 Å². The van der Waals surface area contributed by atoms with Crippen LogP contribution in [0.2, 0.25) is 0 Å². The van der Waals surface area contributed by atoms with E-state index in [1.165, 1.54) is 12.8 Å². The molecule has 1 heterocycles. The van der Waals surface area contributed by atoms with Crippen molar-refractivity contribution < 1.29 is 4.84 Å². The zero-order valence-electron chi connectivity index (χ0n) is 7.65. The predicted molar refractivity (Wildman–Crippen MR) is 51.9 cm³/mol. The molecule has 2 rings (SSSR count). The minimum Gasteiger partial charge on any atom is -0.406 e. The molecule has 0 aliphatic carbocycles. The molecular formula is C11H14NO. The van der Waals surface area contributed by atoms with Gasteiger partial charge in [-0.25, -0.2) is 0 Å². The summed E-state index contributed by atoms with van der Waals surface area (Å²) in [6, 6.07) is 9.91. The Morgan fingerprint density at radius 1 is 1.08 bits per heavy atom. The Labute approximate surface area is 79.1 Å². The van der Waals surface area contributed by atoms with Gasteiger partial charge in [-0.3, -0.25) is 0 Å². The maximum absolute atomic E-state index is 5.63. The van der Waals surface area contributed by atoms with Gasteiger partial charge in [0.25, 0.3) is 0 Å². The summed E-state index contributed by atoms with van der Waals surface area (Å²) in [5, 5.41) is 1.93. The highest BCUT2D eigenvalue weighted by Crippen LogP contribution is 2.16. The summed E-state index contributed by atoms with van der Waals surface area (Å²) < 4.78 is 0. The van der Waals surface area contributed by atoms with Gasteiger partial charge in [-0.2, -0.15) is 0 Å². The van der Waals surface area contributed by atoms with Gasteiger partial charge in [-0.05, 0) is 25.0 Å². The largest absolute Gasteiger partial charge is 0.406 e. The number of para-hydroxylation sites is 1. The summed E-state index contributed by atoms with van der Waals surface area (Å²) in [5.74, 6) is 0.917. The van der Waals surface area contributed by atoms with E-state index in [1.54, 1.807) is 0 Å². The maximum atomic E-state index is 5.63. The van der Waals surface area contributed by atoms with Crippen molar-refractivity contribution >= 4 is 0 Å². The molecule has 1 fully saturated rings. The molecule has 0 unspecified atom stereocenters. The molecule has 1 aromatic rings. The van der Waals surface area contributed by atoms with Crippen LogP contribution >= 0.6 is 0 Å². The fraction of sp³-hybridized carbons (Fsp3) is 0.364. The number of hydrogen-bond acceptors (Lipinski definition) is 2. The molecule has 2 nitrogen and oxygen atoms in total. The predicted octanol–water partition coefficient (Wildman–Crippen LogP) is 2.63. The summed E-state index contributed by atoms with van der Waals surface area (Å²) in [5.41, 5.74) is 0. The number of hydroxylamine groups is 2. The molecular weight excluding hydrogens is 162 g/mol. The quantitative estimate of drug-likeness (QED) is 0.686. The van der Waals surface area contributed by atoms with Crippen LogP contribution in [0.15, 0.2) is 30.3 Å². The Kier molecular flexibility index (Phi) is 2.82. The Hall–Kier alpha value is -1.02. The fourth-order valence-electron chi connectivity index (χ4n) is 1.44. The van der Waals surface area contributed by atoms with Crippen LogP contribution < -0.4 is 4.84 Å². The highest BCUT2D eigenvalue weighted by atomic mass is 16.7. The zero-order valence-corrected chi connectivity index (χ0v) is 7.65. The van der Waals surface area contributed by atoms with E-state index in [1.807, 2.05) is 35.4 Å². The van der Waals surface area contributed by atoms with Gasteiger partial charge in [0.05, 0.1) is 6.54 Å². The van der Waals surface area contributed by atoms with E-state index in [0.717, 1.165) is 18.7 Å². The monoisotopic (exact) mass is 176 g/mol. The van der Waals surface area contributed by atoms with Gasteiger partial charge in [0, 0.05) is 6.54 Å². The Morgan fingerprint density at radius 2 is 1.92 bits per heavy atom. The molecule has 1 aliphatic rings. The summed E-state index contributed by atoms with van der Waals surface area (Å²) in [6.45, 7) is 3.13. The average Bonchev–Trinajstić information content (AvgIpc) is 2.21. The Morgan fingerprint density at radius 3 is 2.62 bits per heavy atom. The van der Waals surface area contributed by atoms with Gasteiger partial charge in [0.15, 0.2) is 0 Å². The van der Waals surface area contributed by atoms with E-state index in [2.05, 4.69) is 6.54 Å². The van der Waals surface area contributed by atoms with Crippen molar-refractivity contribution in [3.63, 3.8) is 0 Å². The first-order valence-electron chi connectivity index (χ1n) is 4.78. The van der Waals surface area contributed by atoms with Crippen molar-refractivity contribution in [3.8, 4) is 5.75 Å². The number of piperidine rings is 1. The smallest absolute Gasteiger partial charge is 0.147 e. The van der Waals surface area contributed by atoms with Crippen LogP contribution in [0.4, 0.5) is 0 Å². The Balaban J connectivity index is 1.90. The van der Waals surface area contributed by atoms with Gasteiger partial charge >= 0.3 is 0 Å². The van der Waals surface area contributed by atoms with Crippen LogP contribution in [-0.4, -0.2) is 11.6 Å². The first-order valence-corrected chi connectivity index (χ1v) is 4.78. The fourth-order valence-corrected chi connectivity index (χ4v) is 1.44. The van der Waals surface area contributed by atoms with Gasteiger partial charge in [0.1, 0.15) is 5.75 Å². The van der Waals surface area contributed by atoms with Crippen molar-refractivity contribution in [2.45, 2.75) is 19.3 Å². The minimum absolute atomic E-state index is 0.917. The van der Waals surface area contributed by atoms with Crippen LogP contribution in [0.3, 0.4) is 0 Å². The number of nitrogens with zero attached hydrogens (tertiary/aromatic N) is 1. The molecule has 0 aromatic heterocycles. The third-order valence-electron chi connectivity index (χ3n) is 2.13. The summed E-state index contributed by atoms with van der Waals surface area (Å²) in [6.07, 6.45) is 3.64. The zero-order chi connectivity index (χ0) is 8.93. The van der Waals surface area contributed by atoms with Crippen LogP contribution in [0.5, 0.6) is 5.75 Å². The molecule has 0 bridgehead atoms. The van der Waals surface area contributed by atoms with Gasteiger partial charge in [-0.15, -0.1) is 5.06 Å². The third kappa shape index (κ3) is 2.46. The van der Waals surface area contributed by atoms with E-state index in [9.17, 15) is 0 Å². The van der Waals surface area contributed by atoms with Crippen molar-refractivity contribution in [2.24, 2.45) is 0 Å². The highest BCUT2D eigenvalue weighted by molar-refractivity contribution is 5.20. The number of benzene rings is 1. The maximum Gasteiger partial charge on any atom is 0.147 e. The molecule has 1 radical (unpaired) electrons. The molecule has 0 N–H and O–H groups in total. The highest BCUT2D eigenvalue weighted by Gasteiger charge is 2.11. The first kappa shape index (κ1) is 8.57. The lowest BCUT2D eigenvalue weighted by molar-refractivity contribution is -0.0425. The van der Waals surface area contributed by atoms with Crippen LogP contribution in [0, 0.1) is 6.54 Å². The number of rotatable bonds is 2. The summed E-state index contributed by atoms with van der Waals surface area (Å²) >= 11 is 0. The molecule has 1 saturated heterocycles. The molecule has 2 heteroatoms. The lowest BCUT2D eigenvalue weighted by Crippen LogP contribution is -2.28. The van der Waals surface area contributed by atoms with Gasteiger partial charge in [0.2, 0.25) is 0 Å². The van der Waals surface area contributed by atoms with Crippen LogP contribution in [-0.2, 0) is 0 Å². The van der Waals surface area contributed by atoms with Crippen LogP contribution in [0.1, 0.15) is 19.3 Å². The molecule has 13 heavy (non-hydrogen) atoms. The normalized spacial score (nSPS) is 18.5. The molecule has 0 spiro atoms. The van der Waals surface area contributed by atoms with Gasteiger partial charge < -0.3 is 4.84 Å². The first-order chi connectivity index (χ1) is 6.45. The second-order valence-corrected chi connectivity index (χ2v) is 3.22. The van der Waals surface area contributed by atoms with E-state index in [4.69, 9.17) is 4.84 Å². The molecule has 0 saturated carbocycles. The molecule has 1 aliphatic heterocycles. The standard InChI is InChI=1S/C11H14NO/c1-3-7-11(8-4-1)13-12-9-5-2-6-10-12/h1,3-4,7-9H,2,5-6,10H2.